The van der Waals surface area contributed by atoms with Crippen molar-refractivity contribution >= 4 is 22.5 Å². The van der Waals surface area contributed by atoms with Crippen LogP contribution < -0.4 is 14.2 Å². The largest absolute Gasteiger partial charge is 0.493 e. The highest BCUT2D eigenvalue weighted by Gasteiger charge is 2.54. The first kappa shape index (κ1) is 31.2. The van der Waals surface area contributed by atoms with Crippen LogP contribution in [0, 0.1) is 17.0 Å². The van der Waals surface area contributed by atoms with E-state index in [4.69, 9.17) is 18.9 Å². The molecule has 1 saturated heterocycles. The number of carbonyl (C=O) groups excluding carboxylic acids is 2. The molecular formula is C37H36F2N2O6. The van der Waals surface area contributed by atoms with Gasteiger partial charge in [-0.2, -0.15) is 0 Å². The molecule has 0 spiro atoms. The Morgan fingerprint density at radius 1 is 0.872 bits per heavy atom. The van der Waals surface area contributed by atoms with Crippen LogP contribution in [0.5, 0.6) is 23.0 Å². The molecule has 0 radical (unpaired) electrons. The Balaban J connectivity index is 1.01. The number of methoxy groups -OCH3 is 1. The van der Waals surface area contributed by atoms with Gasteiger partial charge in [0.25, 0.3) is 0 Å². The van der Waals surface area contributed by atoms with Crippen LogP contribution in [0.3, 0.4) is 0 Å². The Morgan fingerprint density at radius 3 is 2.26 bits per heavy atom. The van der Waals surface area contributed by atoms with Gasteiger partial charge in [-0.15, -0.1) is 0 Å². The standard InChI is InChI=1S/C37H36F2N2O6/c1-44-33-21-28-30(22-34(33)46-27-19-26(20-27)41-12-14-45-15-13-41)40-11-8-31(28)47-32-7-4-24(16-29(32)39)18-36(43)37(9-10-37)35(42)17-23-2-5-25(38)6-3-23/h2-8,11,16,21-22,26-27H,9-10,12-15,17-20H2,1H3. The maximum Gasteiger partial charge on any atom is 0.166 e. The third-order valence-corrected chi connectivity index (χ3v) is 9.59. The molecule has 3 fully saturated rings. The second-order valence-corrected chi connectivity index (χ2v) is 12.6. The highest BCUT2D eigenvalue weighted by molar-refractivity contribution is 6.11. The SMILES string of the molecule is COc1cc2c(Oc3ccc(CC(=O)C4(C(=O)Cc5ccc(F)cc5)CC4)cc3F)ccnc2cc1OC1CC(N2CCOCC2)C1. The lowest BCUT2D eigenvalue weighted by Gasteiger charge is -2.44. The Bertz CT molecular complexity index is 1800. The van der Waals surface area contributed by atoms with Gasteiger partial charge in [0.2, 0.25) is 0 Å². The van der Waals surface area contributed by atoms with E-state index >= 15 is 4.39 Å². The molecular weight excluding hydrogens is 606 g/mol. The summed E-state index contributed by atoms with van der Waals surface area (Å²) in [6, 6.07) is 15.8. The molecule has 0 bridgehead atoms. The van der Waals surface area contributed by atoms with E-state index < -0.39 is 11.2 Å². The van der Waals surface area contributed by atoms with Crippen molar-refractivity contribution in [3.63, 3.8) is 0 Å². The van der Waals surface area contributed by atoms with Gasteiger partial charge in [-0.3, -0.25) is 19.5 Å². The third kappa shape index (κ3) is 6.57. The van der Waals surface area contributed by atoms with Crippen LogP contribution in [-0.2, 0) is 27.2 Å². The Labute approximate surface area is 271 Å². The molecule has 1 aromatic heterocycles. The van der Waals surface area contributed by atoms with Crippen LogP contribution in [0.4, 0.5) is 8.78 Å². The molecule has 4 aromatic rings. The van der Waals surface area contributed by atoms with Gasteiger partial charge in [0.15, 0.2) is 34.6 Å². The minimum atomic E-state index is -1.05. The van der Waals surface area contributed by atoms with Gasteiger partial charge in [0.05, 0.1) is 31.3 Å². The van der Waals surface area contributed by atoms with E-state index in [-0.39, 0.29) is 42.1 Å². The van der Waals surface area contributed by atoms with E-state index in [1.807, 2.05) is 6.07 Å². The lowest BCUT2D eigenvalue weighted by Crippen LogP contribution is -2.52. The number of halogens is 2. The number of morpholine rings is 1. The number of benzene rings is 3. The van der Waals surface area contributed by atoms with Crippen molar-refractivity contribution in [3.8, 4) is 23.0 Å². The van der Waals surface area contributed by atoms with Crippen molar-refractivity contribution in [2.75, 3.05) is 33.4 Å². The predicted octanol–water partition coefficient (Wildman–Crippen LogP) is 6.26. The topological polar surface area (TPSA) is 87.2 Å². The zero-order valence-electron chi connectivity index (χ0n) is 26.2. The van der Waals surface area contributed by atoms with Crippen LogP contribution in [0.2, 0.25) is 0 Å². The Morgan fingerprint density at radius 2 is 1.57 bits per heavy atom. The predicted molar refractivity (Wildman–Crippen MR) is 170 cm³/mol. The number of aromatic nitrogens is 1. The normalized spacial score (nSPS) is 20.3. The quantitative estimate of drug-likeness (QED) is 0.168. The molecule has 0 amide bonds. The summed E-state index contributed by atoms with van der Waals surface area (Å²) in [5.41, 5.74) is 0.672. The molecule has 2 heterocycles. The first-order valence-electron chi connectivity index (χ1n) is 16.0. The first-order chi connectivity index (χ1) is 22.8. The summed E-state index contributed by atoms with van der Waals surface area (Å²) in [5.74, 6) is 0.0732. The fourth-order valence-electron chi connectivity index (χ4n) is 6.53. The maximum absolute atomic E-state index is 15.3. The second kappa shape index (κ2) is 13.0. The van der Waals surface area contributed by atoms with Gasteiger partial charge in [0.1, 0.15) is 17.7 Å². The summed E-state index contributed by atoms with van der Waals surface area (Å²) < 4.78 is 52.0. The summed E-state index contributed by atoms with van der Waals surface area (Å²) in [5, 5.41) is 0.630. The van der Waals surface area contributed by atoms with Crippen LogP contribution >= 0.6 is 0 Å². The minimum absolute atomic E-state index is 0.00913. The van der Waals surface area contributed by atoms with Crippen LogP contribution in [0.15, 0.2) is 66.9 Å². The fraction of sp³-hybridized carbons (Fsp3) is 0.378. The highest BCUT2D eigenvalue weighted by atomic mass is 19.1. The van der Waals surface area contributed by atoms with E-state index in [0.29, 0.717) is 58.2 Å². The molecule has 10 heteroatoms. The van der Waals surface area contributed by atoms with Gasteiger partial charge in [-0.25, -0.2) is 8.78 Å². The number of pyridine rings is 1. The summed E-state index contributed by atoms with van der Waals surface area (Å²) in [7, 11) is 1.57. The summed E-state index contributed by atoms with van der Waals surface area (Å²) in [6.45, 7) is 3.45. The second-order valence-electron chi connectivity index (χ2n) is 12.6. The first-order valence-corrected chi connectivity index (χ1v) is 16.0. The summed E-state index contributed by atoms with van der Waals surface area (Å²) >= 11 is 0. The van der Waals surface area contributed by atoms with E-state index in [1.165, 1.54) is 24.3 Å². The van der Waals surface area contributed by atoms with E-state index in [1.54, 1.807) is 43.6 Å². The summed E-state index contributed by atoms with van der Waals surface area (Å²) in [4.78, 5) is 33.2. The number of ketones is 2. The molecule has 1 aliphatic heterocycles. The van der Waals surface area contributed by atoms with Crippen molar-refractivity contribution in [3.05, 3.63) is 89.6 Å². The zero-order chi connectivity index (χ0) is 32.5. The highest BCUT2D eigenvalue weighted by Crippen LogP contribution is 2.49. The number of ether oxygens (including phenoxy) is 4. The smallest absolute Gasteiger partial charge is 0.166 e. The summed E-state index contributed by atoms with van der Waals surface area (Å²) in [6.07, 6.45) is 4.47. The van der Waals surface area contributed by atoms with Crippen molar-refractivity contribution in [1.82, 2.24) is 9.88 Å². The van der Waals surface area contributed by atoms with Gasteiger partial charge >= 0.3 is 0 Å². The number of hydrogen-bond donors (Lipinski definition) is 0. The van der Waals surface area contributed by atoms with Crippen molar-refractivity contribution < 1.29 is 37.3 Å². The molecule has 3 aliphatic rings. The molecule has 0 unspecified atom stereocenters. The fourth-order valence-corrected chi connectivity index (χ4v) is 6.53. The lowest BCUT2D eigenvalue weighted by molar-refractivity contribution is -0.133. The van der Waals surface area contributed by atoms with Crippen molar-refractivity contribution in [2.24, 2.45) is 5.41 Å². The number of carbonyl (C=O) groups is 2. The molecule has 0 atom stereocenters. The maximum atomic E-state index is 15.3. The zero-order valence-corrected chi connectivity index (χ0v) is 26.2. The van der Waals surface area contributed by atoms with Gasteiger partial charge in [0, 0.05) is 62.5 Å². The number of hydrogen-bond acceptors (Lipinski definition) is 8. The van der Waals surface area contributed by atoms with E-state index in [9.17, 15) is 14.0 Å². The molecule has 8 nitrogen and oxygen atoms in total. The van der Waals surface area contributed by atoms with E-state index in [0.717, 1.165) is 39.1 Å². The molecule has 2 saturated carbocycles. The van der Waals surface area contributed by atoms with Crippen molar-refractivity contribution in [1.29, 1.82) is 0 Å². The number of rotatable bonds is 12. The van der Waals surface area contributed by atoms with Gasteiger partial charge in [-0.05, 0) is 60.4 Å². The third-order valence-electron chi connectivity index (χ3n) is 9.59. The van der Waals surface area contributed by atoms with E-state index in [2.05, 4.69) is 9.88 Å². The average Bonchev–Trinajstić information content (AvgIpc) is 3.88. The van der Waals surface area contributed by atoms with Crippen LogP contribution in [-0.4, -0.2) is 67.0 Å². The number of fused-ring (bicyclic) bond motifs is 1. The minimum Gasteiger partial charge on any atom is -0.493 e. The van der Waals surface area contributed by atoms with Gasteiger partial charge in [-0.1, -0.05) is 18.2 Å². The van der Waals surface area contributed by atoms with Crippen LogP contribution in [0.25, 0.3) is 10.9 Å². The van der Waals surface area contributed by atoms with Crippen LogP contribution in [0.1, 0.15) is 36.8 Å². The van der Waals surface area contributed by atoms with Gasteiger partial charge < -0.3 is 18.9 Å². The van der Waals surface area contributed by atoms with Crippen molar-refractivity contribution in [2.45, 2.75) is 50.7 Å². The number of nitrogens with zero attached hydrogens (tertiary/aromatic N) is 2. The molecule has 244 valence electrons. The molecule has 2 aliphatic carbocycles. The monoisotopic (exact) mass is 642 g/mol. The molecule has 0 N–H and O–H groups in total. The molecule has 7 rings (SSSR count). The molecule has 3 aromatic carbocycles. The average molecular weight is 643 g/mol. The lowest BCUT2D eigenvalue weighted by atomic mass is 9.87. The molecule has 47 heavy (non-hydrogen) atoms. The Kier molecular flexibility index (Phi) is 8.63. The number of Topliss-reactive ketones (excluding diaryl/α,β-unsaturated/α-hetero) is 2. The Hall–Kier alpha value is -4.41.